The fraction of sp³-hybridized carbons (Fsp3) is 0.462. The first-order valence-corrected chi connectivity index (χ1v) is 6.76. The highest BCUT2D eigenvalue weighted by Crippen LogP contribution is 2.15. The molecule has 0 unspecified atom stereocenters. The van der Waals surface area contributed by atoms with Crippen LogP contribution in [-0.2, 0) is 0 Å². The van der Waals surface area contributed by atoms with Crippen molar-refractivity contribution in [3.63, 3.8) is 0 Å². The summed E-state index contributed by atoms with van der Waals surface area (Å²) in [6, 6.07) is 8.16. The van der Waals surface area contributed by atoms with Gasteiger partial charge in [-0.3, -0.25) is 4.99 Å². The molecule has 0 aliphatic rings. The Bertz CT molecular complexity index is 376. The molecule has 0 saturated heterocycles. The van der Waals surface area contributed by atoms with Crippen molar-refractivity contribution in [1.82, 2.24) is 10.6 Å². The summed E-state index contributed by atoms with van der Waals surface area (Å²) in [4.78, 5) is 4.12. The lowest BCUT2D eigenvalue weighted by atomic mass is 10.3. The topological polar surface area (TPSA) is 45.7 Å². The maximum Gasteiger partial charge on any atom is 0.191 e. The fourth-order valence-corrected chi connectivity index (χ4v) is 1.60. The molecule has 100 valence electrons. The highest BCUT2D eigenvalue weighted by Gasteiger charge is 1.99. The summed E-state index contributed by atoms with van der Waals surface area (Å²) in [6.45, 7) is 5.46. The maximum atomic E-state index is 5.59. The van der Waals surface area contributed by atoms with Crippen molar-refractivity contribution in [3.8, 4) is 5.75 Å². The minimum atomic E-state index is 0.364. The maximum absolute atomic E-state index is 5.59. The van der Waals surface area contributed by atoms with E-state index in [2.05, 4.69) is 45.4 Å². The predicted molar refractivity (Wildman–Crippen MR) is 79.3 cm³/mol. The van der Waals surface area contributed by atoms with Crippen molar-refractivity contribution in [3.05, 3.63) is 28.7 Å². The van der Waals surface area contributed by atoms with Crippen LogP contribution in [-0.4, -0.2) is 32.2 Å². The number of rotatable bonds is 5. The molecule has 0 fully saturated rings. The number of benzene rings is 1. The van der Waals surface area contributed by atoms with Crippen molar-refractivity contribution in [1.29, 1.82) is 0 Å². The van der Waals surface area contributed by atoms with Gasteiger partial charge in [-0.15, -0.1) is 0 Å². The van der Waals surface area contributed by atoms with E-state index in [9.17, 15) is 0 Å². The lowest BCUT2D eigenvalue weighted by molar-refractivity contribution is 0.321. The molecule has 0 amide bonds. The van der Waals surface area contributed by atoms with E-state index < -0.39 is 0 Å². The standard InChI is InChI=1S/C13H20BrN3O/c1-10(2)17-13(15-3)16-8-9-18-12-6-4-11(14)5-7-12/h4-7,10H,8-9H2,1-3H3,(H2,15,16,17). The Kier molecular flexibility index (Phi) is 6.57. The third-order valence-corrected chi connectivity index (χ3v) is 2.65. The van der Waals surface area contributed by atoms with Gasteiger partial charge in [0.15, 0.2) is 5.96 Å². The number of ether oxygens (including phenoxy) is 1. The highest BCUT2D eigenvalue weighted by atomic mass is 79.9. The van der Waals surface area contributed by atoms with Gasteiger partial charge in [0.2, 0.25) is 0 Å². The smallest absolute Gasteiger partial charge is 0.191 e. The van der Waals surface area contributed by atoms with Crippen LogP contribution in [0.3, 0.4) is 0 Å². The zero-order valence-electron chi connectivity index (χ0n) is 11.0. The van der Waals surface area contributed by atoms with Crippen molar-refractivity contribution < 1.29 is 4.74 Å². The molecule has 0 aliphatic heterocycles. The number of hydrogen-bond donors (Lipinski definition) is 2. The molecule has 1 aromatic rings. The van der Waals surface area contributed by atoms with Gasteiger partial charge < -0.3 is 15.4 Å². The average molecular weight is 314 g/mol. The number of aliphatic imine (C=N–C) groups is 1. The Morgan fingerprint density at radius 3 is 2.56 bits per heavy atom. The Morgan fingerprint density at radius 2 is 2.00 bits per heavy atom. The second-order valence-corrected chi connectivity index (χ2v) is 5.02. The summed E-state index contributed by atoms with van der Waals surface area (Å²) in [5.41, 5.74) is 0. The highest BCUT2D eigenvalue weighted by molar-refractivity contribution is 9.10. The molecule has 0 aliphatic carbocycles. The van der Waals surface area contributed by atoms with Crippen LogP contribution in [0.15, 0.2) is 33.7 Å². The molecule has 0 spiro atoms. The summed E-state index contributed by atoms with van der Waals surface area (Å²) in [5, 5.41) is 6.40. The second-order valence-electron chi connectivity index (χ2n) is 4.10. The van der Waals surface area contributed by atoms with E-state index in [1.807, 2.05) is 24.3 Å². The molecule has 0 aromatic heterocycles. The van der Waals surface area contributed by atoms with Gasteiger partial charge in [0.25, 0.3) is 0 Å². The van der Waals surface area contributed by atoms with Gasteiger partial charge in [-0.2, -0.15) is 0 Å². The molecule has 0 atom stereocenters. The molecule has 1 rings (SSSR count). The normalized spacial score (nSPS) is 11.5. The van der Waals surface area contributed by atoms with E-state index in [1.165, 1.54) is 0 Å². The molecule has 0 bridgehead atoms. The van der Waals surface area contributed by atoms with Gasteiger partial charge in [0.1, 0.15) is 12.4 Å². The third-order valence-electron chi connectivity index (χ3n) is 2.13. The molecule has 0 heterocycles. The van der Waals surface area contributed by atoms with Gasteiger partial charge >= 0.3 is 0 Å². The Labute approximate surface area is 117 Å². The largest absolute Gasteiger partial charge is 0.492 e. The first-order valence-electron chi connectivity index (χ1n) is 5.97. The van der Waals surface area contributed by atoms with Crippen LogP contribution in [0.1, 0.15) is 13.8 Å². The van der Waals surface area contributed by atoms with Crippen LogP contribution in [0, 0.1) is 0 Å². The minimum Gasteiger partial charge on any atom is -0.492 e. The quantitative estimate of drug-likeness (QED) is 0.498. The summed E-state index contributed by atoms with van der Waals surface area (Å²) >= 11 is 3.39. The van der Waals surface area contributed by atoms with E-state index in [1.54, 1.807) is 7.05 Å². The fourth-order valence-electron chi connectivity index (χ4n) is 1.34. The number of nitrogens with one attached hydrogen (secondary N) is 2. The van der Waals surface area contributed by atoms with Crippen molar-refractivity contribution in [2.75, 3.05) is 20.2 Å². The Morgan fingerprint density at radius 1 is 1.33 bits per heavy atom. The molecule has 2 N–H and O–H groups in total. The molecular weight excluding hydrogens is 294 g/mol. The van der Waals surface area contributed by atoms with E-state index in [0.29, 0.717) is 19.2 Å². The number of hydrogen-bond acceptors (Lipinski definition) is 2. The monoisotopic (exact) mass is 313 g/mol. The van der Waals surface area contributed by atoms with Crippen LogP contribution in [0.2, 0.25) is 0 Å². The predicted octanol–water partition coefficient (Wildman–Crippen LogP) is 2.40. The van der Waals surface area contributed by atoms with Crippen LogP contribution in [0.25, 0.3) is 0 Å². The first-order chi connectivity index (χ1) is 8.61. The average Bonchev–Trinajstić information content (AvgIpc) is 2.34. The molecule has 0 radical (unpaired) electrons. The lowest BCUT2D eigenvalue weighted by Gasteiger charge is -2.14. The molecular formula is C13H20BrN3O. The molecule has 0 saturated carbocycles. The van der Waals surface area contributed by atoms with Crippen molar-refractivity contribution >= 4 is 21.9 Å². The summed E-state index contributed by atoms with van der Waals surface area (Å²) < 4.78 is 6.65. The van der Waals surface area contributed by atoms with Crippen molar-refractivity contribution in [2.24, 2.45) is 4.99 Å². The van der Waals surface area contributed by atoms with Crippen LogP contribution < -0.4 is 15.4 Å². The van der Waals surface area contributed by atoms with Crippen molar-refractivity contribution in [2.45, 2.75) is 19.9 Å². The van der Waals surface area contributed by atoms with E-state index >= 15 is 0 Å². The SMILES string of the molecule is CN=C(NCCOc1ccc(Br)cc1)NC(C)C. The summed E-state index contributed by atoms with van der Waals surface area (Å²) in [5.74, 6) is 1.66. The number of halogens is 1. The van der Waals surface area contributed by atoms with E-state index in [0.717, 1.165) is 16.2 Å². The Balaban J connectivity index is 2.24. The van der Waals surface area contributed by atoms with Crippen LogP contribution in [0.4, 0.5) is 0 Å². The molecule has 4 nitrogen and oxygen atoms in total. The minimum absolute atomic E-state index is 0.364. The van der Waals surface area contributed by atoms with Gasteiger partial charge in [-0.05, 0) is 38.1 Å². The zero-order valence-corrected chi connectivity index (χ0v) is 12.6. The Hall–Kier alpha value is -1.23. The van der Waals surface area contributed by atoms with Gasteiger partial charge in [-0.1, -0.05) is 15.9 Å². The van der Waals surface area contributed by atoms with Gasteiger partial charge in [-0.25, -0.2) is 0 Å². The summed E-state index contributed by atoms with van der Waals surface area (Å²) in [7, 11) is 1.76. The zero-order chi connectivity index (χ0) is 13.4. The lowest BCUT2D eigenvalue weighted by Crippen LogP contribution is -2.42. The van der Waals surface area contributed by atoms with Gasteiger partial charge in [0, 0.05) is 17.6 Å². The van der Waals surface area contributed by atoms with Crippen LogP contribution in [0.5, 0.6) is 5.75 Å². The molecule has 5 heteroatoms. The number of nitrogens with zero attached hydrogens (tertiary/aromatic N) is 1. The summed E-state index contributed by atoms with van der Waals surface area (Å²) in [6.07, 6.45) is 0. The molecule has 1 aromatic carbocycles. The third kappa shape index (κ3) is 5.91. The second kappa shape index (κ2) is 7.97. The van der Waals surface area contributed by atoms with E-state index in [-0.39, 0.29) is 0 Å². The number of guanidine groups is 1. The van der Waals surface area contributed by atoms with Gasteiger partial charge in [0.05, 0.1) is 6.54 Å². The van der Waals surface area contributed by atoms with E-state index in [4.69, 9.17) is 4.74 Å². The first kappa shape index (κ1) is 14.8. The van der Waals surface area contributed by atoms with Crippen LogP contribution >= 0.6 is 15.9 Å². The molecule has 18 heavy (non-hydrogen) atoms.